The van der Waals surface area contributed by atoms with Crippen LogP contribution in [-0.2, 0) is 6.61 Å². The smallest absolute Gasteiger partial charge is 0.141 e. The summed E-state index contributed by atoms with van der Waals surface area (Å²) >= 11 is 5.71. The second kappa shape index (κ2) is 6.04. The Morgan fingerprint density at radius 2 is 2.00 bits per heavy atom. The number of aliphatic hydroxyl groups excluding tert-OH is 1. The first-order valence-electron chi connectivity index (χ1n) is 5.91. The second-order valence-electron chi connectivity index (χ2n) is 4.25. The zero-order valence-electron chi connectivity index (χ0n) is 10.4. The molecule has 1 atom stereocenters. The van der Waals surface area contributed by atoms with Gasteiger partial charge in [0, 0.05) is 5.56 Å². The zero-order chi connectivity index (χ0) is 13.8. The van der Waals surface area contributed by atoms with E-state index in [1.807, 2.05) is 12.1 Å². The summed E-state index contributed by atoms with van der Waals surface area (Å²) in [6.45, 7) is 1.95. The topological polar surface area (TPSA) is 29.5 Å². The molecule has 2 aromatic rings. The summed E-state index contributed by atoms with van der Waals surface area (Å²) in [7, 11) is 0. The van der Waals surface area contributed by atoms with E-state index in [-0.39, 0.29) is 11.6 Å². The molecule has 0 saturated heterocycles. The van der Waals surface area contributed by atoms with Crippen LogP contribution < -0.4 is 4.74 Å². The molecular weight excluding hydrogens is 267 g/mol. The average molecular weight is 281 g/mol. The van der Waals surface area contributed by atoms with E-state index in [9.17, 15) is 9.50 Å². The van der Waals surface area contributed by atoms with Crippen LogP contribution in [0.5, 0.6) is 5.75 Å². The monoisotopic (exact) mass is 280 g/mol. The van der Waals surface area contributed by atoms with Gasteiger partial charge in [-0.2, -0.15) is 0 Å². The van der Waals surface area contributed by atoms with Crippen molar-refractivity contribution < 1.29 is 14.2 Å². The Hall–Kier alpha value is -1.58. The third-order valence-corrected chi connectivity index (χ3v) is 3.04. The van der Waals surface area contributed by atoms with Crippen LogP contribution in [0.1, 0.15) is 24.2 Å². The highest BCUT2D eigenvalue weighted by atomic mass is 35.5. The van der Waals surface area contributed by atoms with E-state index in [1.165, 1.54) is 12.1 Å². The van der Waals surface area contributed by atoms with Crippen LogP contribution in [0.3, 0.4) is 0 Å². The molecule has 0 aliphatic heterocycles. The molecule has 0 bridgehead atoms. The maximum absolute atomic E-state index is 13.0. The first-order valence-corrected chi connectivity index (χ1v) is 6.29. The first kappa shape index (κ1) is 13.8. The third kappa shape index (κ3) is 3.46. The van der Waals surface area contributed by atoms with E-state index < -0.39 is 11.9 Å². The van der Waals surface area contributed by atoms with Crippen LogP contribution in [0, 0.1) is 5.82 Å². The van der Waals surface area contributed by atoms with Crippen molar-refractivity contribution in [1.82, 2.24) is 0 Å². The molecule has 1 N–H and O–H groups in total. The lowest BCUT2D eigenvalue weighted by Gasteiger charge is -2.13. The highest BCUT2D eigenvalue weighted by molar-refractivity contribution is 6.30. The zero-order valence-corrected chi connectivity index (χ0v) is 11.2. The molecule has 2 nitrogen and oxygen atoms in total. The van der Waals surface area contributed by atoms with Gasteiger partial charge in [-0.1, -0.05) is 35.9 Å². The molecule has 0 heterocycles. The van der Waals surface area contributed by atoms with E-state index in [4.69, 9.17) is 16.3 Å². The molecule has 0 spiro atoms. The Morgan fingerprint density at radius 3 is 2.68 bits per heavy atom. The SMILES string of the molecule is C[C@@H](O)c1ccccc1OCc1ccc(F)c(Cl)c1. The minimum Gasteiger partial charge on any atom is -0.489 e. The van der Waals surface area contributed by atoms with Crippen LogP contribution in [0.2, 0.25) is 5.02 Å². The number of halogens is 2. The number of hydrogen-bond donors (Lipinski definition) is 1. The van der Waals surface area contributed by atoms with Gasteiger partial charge in [-0.3, -0.25) is 0 Å². The van der Waals surface area contributed by atoms with Gasteiger partial charge >= 0.3 is 0 Å². The fourth-order valence-corrected chi connectivity index (χ4v) is 1.95. The molecule has 0 aliphatic carbocycles. The number of hydrogen-bond acceptors (Lipinski definition) is 2. The number of rotatable bonds is 4. The van der Waals surface area contributed by atoms with Crippen molar-refractivity contribution in [2.75, 3.05) is 0 Å². The lowest BCUT2D eigenvalue weighted by atomic mass is 10.1. The molecule has 100 valence electrons. The van der Waals surface area contributed by atoms with Gasteiger partial charge in [0.05, 0.1) is 11.1 Å². The Balaban J connectivity index is 2.12. The molecule has 0 fully saturated rings. The van der Waals surface area contributed by atoms with E-state index in [0.29, 0.717) is 5.75 Å². The van der Waals surface area contributed by atoms with Crippen LogP contribution in [0.15, 0.2) is 42.5 Å². The highest BCUT2D eigenvalue weighted by Crippen LogP contribution is 2.25. The van der Waals surface area contributed by atoms with E-state index in [1.54, 1.807) is 25.1 Å². The number of aliphatic hydroxyl groups is 1. The lowest BCUT2D eigenvalue weighted by Crippen LogP contribution is -2.01. The maximum Gasteiger partial charge on any atom is 0.141 e. The fraction of sp³-hybridized carbons (Fsp3) is 0.200. The summed E-state index contributed by atoms with van der Waals surface area (Å²) in [5.74, 6) is 0.160. The molecule has 0 aromatic heterocycles. The third-order valence-electron chi connectivity index (χ3n) is 2.75. The van der Waals surface area contributed by atoms with E-state index in [2.05, 4.69) is 0 Å². The molecule has 0 unspecified atom stereocenters. The van der Waals surface area contributed by atoms with Crippen LogP contribution in [0.4, 0.5) is 4.39 Å². The summed E-state index contributed by atoms with van der Waals surface area (Å²) in [5, 5.41) is 9.71. The molecular formula is C15H14ClFO2. The Labute approximate surface area is 116 Å². The standard InChI is InChI=1S/C15H14ClFO2/c1-10(18)12-4-2-3-5-15(12)19-9-11-6-7-14(17)13(16)8-11/h2-8,10,18H,9H2,1H3/t10-/m1/s1. The summed E-state index contributed by atoms with van der Waals surface area (Å²) in [6, 6.07) is 11.7. The average Bonchev–Trinajstić information content (AvgIpc) is 2.40. The first-order chi connectivity index (χ1) is 9.08. The van der Waals surface area contributed by atoms with Gasteiger partial charge < -0.3 is 9.84 Å². The summed E-state index contributed by atoms with van der Waals surface area (Å²) in [6.07, 6.45) is -0.604. The van der Waals surface area contributed by atoms with Crippen molar-refractivity contribution in [1.29, 1.82) is 0 Å². The van der Waals surface area contributed by atoms with E-state index in [0.717, 1.165) is 11.1 Å². The number of benzene rings is 2. The fourth-order valence-electron chi connectivity index (χ4n) is 1.75. The summed E-state index contributed by atoms with van der Waals surface area (Å²) in [5.41, 5.74) is 1.49. The minimum atomic E-state index is -0.604. The number of ether oxygens (including phenoxy) is 1. The predicted octanol–water partition coefficient (Wildman–Crippen LogP) is 4.11. The van der Waals surface area contributed by atoms with Crippen molar-refractivity contribution in [3.05, 3.63) is 64.4 Å². The minimum absolute atomic E-state index is 0.0740. The highest BCUT2D eigenvalue weighted by Gasteiger charge is 2.08. The van der Waals surface area contributed by atoms with Crippen molar-refractivity contribution >= 4 is 11.6 Å². The van der Waals surface area contributed by atoms with Gasteiger partial charge in [-0.15, -0.1) is 0 Å². The van der Waals surface area contributed by atoms with Gasteiger partial charge in [0.25, 0.3) is 0 Å². The van der Waals surface area contributed by atoms with Crippen molar-refractivity contribution in [2.45, 2.75) is 19.6 Å². The maximum atomic E-state index is 13.0. The van der Waals surface area contributed by atoms with Crippen LogP contribution >= 0.6 is 11.6 Å². The molecule has 2 rings (SSSR count). The van der Waals surface area contributed by atoms with Gasteiger partial charge in [0.15, 0.2) is 0 Å². The van der Waals surface area contributed by atoms with Gasteiger partial charge in [-0.05, 0) is 30.7 Å². The predicted molar refractivity (Wildman–Crippen MR) is 72.8 cm³/mol. The molecule has 0 radical (unpaired) electrons. The Bertz CT molecular complexity index is 570. The summed E-state index contributed by atoms with van der Waals surface area (Å²) < 4.78 is 18.7. The van der Waals surface area contributed by atoms with Gasteiger partial charge in [0.1, 0.15) is 18.2 Å². The normalized spacial score (nSPS) is 12.2. The largest absolute Gasteiger partial charge is 0.489 e. The molecule has 0 amide bonds. The van der Waals surface area contributed by atoms with Crippen molar-refractivity contribution in [3.63, 3.8) is 0 Å². The quantitative estimate of drug-likeness (QED) is 0.913. The molecule has 0 saturated carbocycles. The second-order valence-corrected chi connectivity index (χ2v) is 4.66. The van der Waals surface area contributed by atoms with Crippen molar-refractivity contribution in [3.8, 4) is 5.75 Å². The van der Waals surface area contributed by atoms with Gasteiger partial charge in [-0.25, -0.2) is 4.39 Å². The number of para-hydroxylation sites is 1. The van der Waals surface area contributed by atoms with Crippen molar-refractivity contribution in [2.24, 2.45) is 0 Å². The Morgan fingerprint density at radius 1 is 1.26 bits per heavy atom. The van der Waals surface area contributed by atoms with E-state index >= 15 is 0 Å². The molecule has 2 aromatic carbocycles. The van der Waals surface area contributed by atoms with Crippen LogP contribution in [0.25, 0.3) is 0 Å². The lowest BCUT2D eigenvalue weighted by molar-refractivity contribution is 0.190. The van der Waals surface area contributed by atoms with Crippen LogP contribution in [-0.4, -0.2) is 5.11 Å². The van der Waals surface area contributed by atoms with Gasteiger partial charge in [0.2, 0.25) is 0 Å². The summed E-state index contributed by atoms with van der Waals surface area (Å²) in [4.78, 5) is 0. The molecule has 4 heteroatoms. The molecule has 0 aliphatic rings. The molecule has 19 heavy (non-hydrogen) atoms. The Kier molecular flexibility index (Phi) is 4.40.